The maximum atomic E-state index is 13.2. The summed E-state index contributed by atoms with van der Waals surface area (Å²) >= 11 is 6.05. The number of benzene rings is 3. The Morgan fingerprint density at radius 2 is 1.84 bits per heavy atom. The van der Waals surface area contributed by atoms with E-state index in [-0.39, 0.29) is 23.6 Å². The van der Waals surface area contributed by atoms with Crippen LogP contribution >= 0.6 is 11.6 Å². The van der Waals surface area contributed by atoms with E-state index in [0.717, 1.165) is 4.90 Å². The van der Waals surface area contributed by atoms with Gasteiger partial charge in [0.15, 0.2) is 11.5 Å². The third-order valence-electron chi connectivity index (χ3n) is 5.53. The normalized spacial score (nSPS) is 14.5. The minimum absolute atomic E-state index is 0.0500. The van der Waals surface area contributed by atoms with Crippen LogP contribution in [0.5, 0.6) is 11.5 Å². The van der Waals surface area contributed by atoms with E-state index in [9.17, 15) is 24.5 Å². The molecule has 0 spiro atoms. The van der Waals surface area contributed by atoms with Gasteiger partial charge in [0.05, 0.1) is 17.7 Å². The molecule has 10 nitrogen and oxygen atoms in total. The van der Waals surface area contributed by atoms with E-state index in [0.29, 0.717) is 33.2 Å². The van der Waals surface area contributed by atoms with Crippen LogP contribution in [0.2, 0.25) is 5.02 Å². The highest BCUT2D eigenvalue weighted by atomic mass is 35.5. The quantitative estimate of drug-likeness (QED) is 0.204. The molecule has 3 aromatic rings. The second-order valence-electron chi connectivity index (χ2n) is 8.01. The number of nitro benzene ring substituents is 1. The molecule has 4 rings (SSSR count). The maximum Gasteiger partial charge on any atom is 0.335 e. The molecule has 1 aliphatic heterocycles. The Balaban J connectivity index is 1.60. The topological polar surface area (TPSA) is 128 Å². The molecular formula is C26H20ClN3O7. The maximum absolute atomic E-state index is 13.2. The van der Waals surface area contributed by atoms with E-state index in [1.165, 1.54) is 31.4 Å². The molecule has 0 bridgehead atoms. The summed E-state index contributed by atoms with van der Waals surface area (Å²) < 4.78 is 11.2. The molecule has 4 amide bonds. The van der Waals surface area contributed by atoms with Crippen LogP contribution in [0.25, 0.3) is 6.08 Å². The number of hydrogen-bond donors (Lipinski definition) is 1. The predicted octanol–water partition coefficient (Wildman–Crippen LogP) is 4.81. The minimum Gasteiger partial charge on any atom is -0.493 e. The first-order chi connectivity index (χ1) is 17.7. The first-order valence-electron chi connectivity index (χ1n) is 10.9. The predicted molar refractivity (Wildman–Crippen MR) is 136 cm³/mol. The number of amides is 4. The van der Waals surface area contributed by atoms with Crippen LogP contribution in [0.4, 0.5) is 16.2 Å². The summed E-state index contributed by atoms with van der Waals surface area (Å²) in [4.78, 5) is 49.6. The summed E-state index contributed by atoms with van der Waals surface area (Å²) in [6, 6.07) is 14.7. The number of nitrogens with zero attached hydrogens (tertiary/aromatic N) is 2. The van der Waals surface area contributed by atoms with Gasteiger partial charge in [-0.2, -0.15) is 0 Å². The first-order valence-corrected chi connectivity index (χ1v) is 11.3. The SMILES string of the molecule is COc1cc(/C=C2\C(=O)NC(=O)N(c3cc(Cl)ccc3C)C2=O)ccc1OCc1cccc([N+](=O)[O-])c1. The van der Waals surface area contributed by atoms with Crippen molar-refractivity contribution in [1.29, 1.82) is 0 Å². The largest absolute Gasteiger partial charge is 0.493 e. The van der Waals surface area contributed by atoms with Crippen LogP contribution in [0.15, 0.2) is 66.2 Å². The average Bonchev–Trinajstić information content (AvgIpc) is 2.87. The standard InChI is InChI=1S/C26H20ClN3O7/c1-15-6-8-18(27)13-21(15)29-25(32)20(24(31)28-26(29)33)11-16-7-9-22(23(12-16)36-2)37-14-17-4-3-5-19(10-17)30(34)35/h3-13H,14H2,1-2H3,(H,28,31,33)/b20-11+. The van der Waals surface area contributed by atoms with Gasteiger partial charge in [0.2, 0.25) is 0 Å². The second kappa shape index (κ2) is 10.5. The summed E-state index contributed by atoms with van der Waals surface area (Å²) in [5.74, 6) is -0.982. The molecule has 188 valence electrons. The van der Waals surface area contributed by atoms with Gasteiger partial charge in [0.25, 0.3) is 17.5 Å². The smallest absolute Gasteiger partial charge is 0.335 e. The van der Waals surface area contributed by atoms with Crippen molar-refractivity contribution in [3.05, 3.63) is 98.1 Å². The lowest BCUT2D eigenvalue weighted by atomic mass is 10.1. The van der Waals surface area contributed by atoms with Gasteiger partial charge >= 0.3 is 6.03 Å². The summed E-state index contributed by atoms with van der Waals surface area (Å²) in [6.45, 7) is 1.76. The number of hydrogen-bond acceptors (Lipinski definition) is 7. The Kier molecular flexibility index (Phi) is 7.21. The van der Waals surface area contributed by atoms with Crippen LogP contribution < -0.4 is 19.7 Å². The lowest BCUT2D eigenvalue weighted by Gasteiger charge is -2.27. The van der Waals surface area contributed by atoms with Gasteiger partial charge in [0, 0.05) is 17.2 Å². The number of ether oxygens (including phenoxy) is 2. The highest BCUT2D eigenvalue weighted by Crippen LogP contribution is 2.32. The number of barbiturate groups is 1. The number of carbonyl (C=O) groups excluding carboxylic acids is 3. The Hall–Kier alpha value is -4.70. The molecule has 0 radical (unpaired) electrons. The van der Waals surface area contributed by atoms with Crippen LogP contribution in [0.1, 0.15) is 16.7 Å². The van der Waals surface area contributed by atoms with Crippen molar-refractivity contribution in [3.8, 4) is 11.5 Å². The van der Waals surface area contributed by atoms with E-state index >= 15 is 0 Å². The zero-order chi connectivity index (χ0) is 26.7. The number of imide groups is 2. The first kappa shape index (κ1) is 25.4. The highest BCUT2D eigenvalue weighted by Gasteiger charge is 2.37. The van der Waals surface area contributed by atoms with Crippen molar-refractivity contribution in [1.82, 2.24) is 5.32 Å². The molecule has 1 N–H and O–H groups in total. The van der Waals surface area contributed by atoms with Crippen molar-refractivity contribution in [2.24, 2.45) is 0 Å². The molecule has 0 atom stereocenters. The molecule has 0 saturated carbocycles. The second-order valence-corrected chi connectivity index (χ2v) is 8.45. The monoisotopic (exact) mass is 521 g/mol. The van der Waals surface area contributed by atoms with Crippen molar-refractivity contribution in [2.45, 2.75) is 13.5 Å². The van der Waals surface area contributed by atoms with Crippen LogP contribution in [-0.2, 0) is 16.2 Å². The molecule has 37 heavy (non-hydrogen) atoms. The number of nitrogens with one attached hydrogen (secondary N) is 1. The van der Waals surface area contributed by atoms with E-state index in [1.807, 2.05) is 0 Å². The molecule has 0 aromatic heterocycles. The molecule has 0 unspecified atom stereocenters. The number of methoxy groups -OCH3 is 1. The van der Waals surface area contributed by atoms with E-state index < -0.39 is 22.8 Å². The lowest BCUT2D eigenvalue weighted by molar-refractivity contribution is -0.384. The van der Waals surface area contributed by atoms with Crippen molar-refractivity contribution in [3.63, 3.8) is 0 Å². The van der Waals surface area contributed by atoms with Gasteiger partial charge in [-0.15, -0.1) is 0 Å². The molecule has 1 aliphatic rings. The van der Waals surface area contributed by atoms with Crippen molar-refractivity contribution in [2.75, 3.05) is 12.0 Å². The molecule has 1 heterocycles. The summed E-state index contributed by atoms with van der Waals surface area (Å²) in [7, 11) is 1.42. The van der Waals surface area contributed by atoms with Gasteiger partial charge in [-0.05, 0) is 54.0 Å². The average molecular weight is 522 g/mol. The van der Waals surface area contributed by atoms with Crippen LogP contribution in [0, 0.1) is 17.0 Å². The fraction of sp³-hybridized carbons (Fsp3) is 0.115. The third kappa shape index (κ3) is 5.44. The fourth-order valence-corrected chi connectivity index (χ4v) is 3.85. The summed E-state index contributed by atoms with van der Waals surface area (Å²) in [6.07, 6.45) is 1.34. The molecule has 11 heteroatoms. The molecule has 1 fully saturated rings. The summed E-state index contributed by atoms with van der Waals surface area (Å²) in [5, 5.41) is 13.5. The molecule has 3 aromatic carbocycles. The Morgan fingerprint density at radius 1 is 1.05 bits per heavy atom. The lowest BCUT2D eigenvalue weighted by Crippen LogP contribution is -2.54. The number of non-ortho nitro benzene ring substituents is 1. The highest BCUT2D eigenvalue weighted by molar-refractivity contribution is 6.39. The zero-order valence-electron chi connectivity index (χ0n) is 19.7. The van der Waals surface area contributed by atoms with Gasteiger partial charge in [-0.3, -0.25) is 25.0 Å². The van der Waals surface area contributed by atoms with E-state index in [1.54, 1.807) is 49.4 Å². The van der Waals surface area contributed by atoms with Crippen LogP contribution in [-0.4, -0.2) is 29.9 Å². The Morgan fingerprint density at radius 3 is 2.57 bits per heavy atom. The third-order valence-corrected chi connectivity index (χ3v) is 5.76. The number of carbonyl (C=O) groups is 3. The minimum atomic E-state index is -0.875. The summed E-state index contributed by atoms with van der Waals surface area (Å²) in [5.41, 5.74) is 1.60. The van der Waals surface area contributed by atoms with Gasteiger partial charge in [0.1, 0.15) is 12.2 Å². The number of anilines is 1. The zero-order valence-corrected chi connectivity index (χ0v) is 20.4. The van der Waals surface area contributed by atoms with Crippen molar-refractivity contribution >= 4 is 46.9 Å². The fourth-order valence-electron chi connectivity index (χ4n) is 3.68. The number of rotatable bonds is 7. The molecule has 0 aliphatic carbocycles. The number of nitro groups is 1. The molecule has 1 saturated heterocycles. The number of halogens is 1. The van der Waals surface area contributed by atoms with E-state index in [4.69, 9.17) is 21.1 Å². The van der Waals surface area contributed by atoms with Gasteiger partial charge in [-0.25, -0.2) is 9.69 Å². The van der Waals surface area contributed by atoms with Gasteiger partial charge in [-0.1, -0.05) is 35.9 Å². The van der Waals surface area contributed by atoms with Crippen molar-refractivity contribution < 1.29 is 28.8 Å². The number of urea groups is 1. The van der Waals surface area contributed by atoms with E-state index in [2.05, 4.69) is 5.32 Å². The Labute approximate surface area is 216 Å². The van der Waals surface area contributed by atoms with Crippen LogP contribution in [0.3, 0.4) is 0 Å². The Bertz CT molecular complexity index is 1470. The molecular weight excluding hydrogens is 502 g/mol. The number of aryl methyl sites for hydroxylation is 1. The van der Waals surface area contributed by atoms with Gasteiger partial charge < -0.3 is 9.47 Å².